The number of nitrogens with one attached hydrogen (secondary N) is 3. The highest BCUT2D eigenvalue weighted by Gasteiger charge is 2.36. The average Bonchev–Trinajstić information content (AvgIpc) is 3.55. The van der Waals surface area contributed by atoms with E-state index in [2.05, 4.69) is 31.0 Å². The van der Waals surface area contributed by atoms with E-state index >= 15 is 0 Å². The minimum Gasteiger partial charge on any atom is -0.398 e. The number of nitrogen functional groups attached to an aromatic ring is 2. The fraction of sp³-hybridized carbons (Fsp3) is 0. The second kappa shape index (κ2) is 14.0. The summed E-state index contributed by atoms with van der Waals surface area (Å²) in [5, 5.41) is 7.78. The van der Waals surface area contributed by atoms with Gasteiger partial charge in [-0.15, -0.1) is 0 Å². The van der Waals surface area contributed by atoms with Crippen LogP contribution in [0.4, 0.5) is 22.7 Å². The van der Waals surface area contributed by atoms with Crippen molar-refractivity contribution in [3.63, 3.8) is 0 Å². The predicted octanol–water partition coefficient (Wildman–Crippen LogP) is 2.67. The van der Waals surface area contributed by atoms with Crippen LogP contribution in [0, 0.1) is 0 Å². The zero-order chi connectivity index (χ0) is 43.0. The third kappa shape index (κ3) is 7.83. The van der Waals surface area contributed by atoms with Crippen LogP contribution in [0.2, 0.25) is 0 Å². The van der Waals surface area contributed by atoms with Crippen LogP contribution in [0.3, 0.4) is 0 Å². The number of rotatable bonds is 9. The molecule has 0 aliphatic heterocycles. The van der Waals surface area contributed by atoms with Gasteiger partial charge in [0, 0.05) is 16.9 Å². The molecule has 26 heteroatoms. The largest absolute Gasteiger partial charge is 0.398 e. The van der Waals surface area contributed by atoms with Crippen molar-refractivity contribution in [1.29, 1.82) is 0 Å². The van der Waals surface area contributed by atoms with E-state index in [1.165, 1.54) is 24.3 Å². The van der Waals surface area contributed by atoms with Gasteiger partial charge in [-0.1, -0.05) is 0 Å². The summed E-state index contributed by atoms with van der Waals surface area (Å²) in [6, 6.07) is 13.9. The Morgan fingerprint density at radius 1 is 0.576 bits per heavy atom. The fourth-order valence-electron chi connectivity index (χ4n) is 6.01. The van der Waals surface area contributed by atoms with Gasteiger partial charge in [0.05, 0.1) is 43.3 Å². The van der Waals surface area contributed by atoms with Crippen LogP contribution in [0.25, 0.3) is 34.6 Å². The number of H-pyrrole nitrogens is 1. The molecule has 0 radical (unpaired) electrons. The van der Waals surface area contributed by atoms with Crippen LogP contribution >= 0.6 is 0 Å². The summed E-state index contributed by atoms with van der Waals surface area (Å²) >= 11 is 0. The molecule has 4 aromatic carbocycles. The number of nitrogens with two attached hydrogens (primary N) is 2. The maximum Gasteiger partial charge on any atom is 0.296 e. The summed E-state index contributed by atoms with van der Waals surface area (Å²) in [5.74, 6) is -1.82. The number of imidazole rings is 1. The number of allylic oxidation sites excluding steroid dienone is 2. The second-order valence-electron chi connectivity index (χ2n) is 12.6. The minimum atomic E-state index is -5.11. The lowest BCUT2D eigenvalue weighted by Gasteiger charge is -2.18. The molecule has 0 spiro atoms. The smallest absolute Gasteiger partial charge is 0.296 e. The fourth-order valence-corrected chi connectivity index (χ4v) is 8.43. The van der Waals surface area contributed by atoms with Crippen LogP contribution in [-0.4, -0.2) is 84.8 Å². The molecule has 0 atom stereocenters. The lowest BCUT2D eigenvalue weighted by molar-refractivity contribution is 0.105. The van der Waals surface area contributed by atoms with Crippen LogP contribution in [0.1, 0.15) is 31.8 Å². The third-order valence-electron chi connectivity index (χ3n) is 8.66. The number of nitrogens with zero attached hydrogens (tertiary/aromatic N) is 3. The zero-order valence-corrected chi connectivity index (χ0v) is 32.3. The summed E-state index contributed by atoms with van der Waals surface area (Å²) in [6.45, 7) is 0. The SMILES string of the molecule is Nc1cc(S(=O)(=O)O)cc2c1C(=O)/C(=N/Nc1ccc(-c3nc4ccc(N/N=C5\C(=O)c6c(N)cc(S(=O)(=O)O)cc6C=C5S(=O)(=O)O)cc4[nH]3)cc1)C(S(=O)(=O)O)=C2. The number of benzene rings is 4. The average molecular weight is 885 g/mol. The van der Waals surface area contributed by atoms with Gasteiger partial charge in [0.25, 0.3) is 40.5 Å². The number of fused-ring (bicyclic) bond motifs is 3. The number of hydrazone groups is 2. The number of carbonyl (C=O) groups excluding carboxylic acids is 2. The standard InChI is InChI=1S/C33H24N8O14S4/c34-21-12-19(56(44,45)46)7-15-9-25(58(50,51)52)29(31(42)27(15)21)40-38-17-3-1-14(2-4-17)33-36-23-6-5-18(11-24(23)37-33)39-41-30-26(59(53,54)55)10-16-8-20(57(47,48)49)13-22(35)28(16)32(30)43/h1-13,38-39H,34-35H2,(H,36,37)(H,44,45,46)(H,47,48,49)(H,50,51,52)(H,53,54,55)/b40-29+,41-30-. The molecular formula is C33H24N8O14S4. The number of anilines is 4. The molecule has 22 nitrogen and oxygen atoms in total. The summed E-state index contributed by atoms with van der Waals surface area (Å²) < 4.78 is 134. The number of ketones is 2. The van der Waals surface area contributed by atoms with Crippen LogP contribution in [0.5, 0.6) is 0 Å². The molecule has 0 unspecified atom stereocenters. The Morgan fingerprint density at radius 3 is 1.46 bits per heavy atom. The van der Waals surface area contributed by atoms with Gasteiger partial charge < -0.3 is 16.5 Å². The molecule has 7 rings (SSSR count). The summed E-state index contributed by atoms with van der Waals surface area (Å²) in [7, 11) is -19.8. The second-order valence-corrected chi connectivity index (χ2v) is 18.2. The number of hydrogen-bond acceptors (Lipinski definition) is 17. The number of hydrogen-bond donors (Lipinski definition) is 9. The predicted molar refractivity (Wildman–Crippen MR) is 213 cm³/mol. The Balaban J connectivity index is 1.13. The topological polar surface area (TPSA) is 381 Å². The van der Waals surface area contributed by atoms with E-state index in [-0.39, 0.29) is 33.6 Å². The third-order valence-corrected chi connectivity index (χ3v) is 12.1. The molecule has 5 aromatic rings. The Hall–Kier alpha value is -6.65. The molecule has 304 valence electrons. The quantitative estimate of drug-likeness (QED) is 0.0583. The Bertz CT molecular complexity index is 3320. The maximum atomic E-state index is 13.4. The van der Waals surface area contributed by atoms with E-state index in [9.17, 15) is 61.5 Å². The van der Waals surface area contributed by atoms with Crippen molar-refractivity contribution in [3.05, 3.63) is 98.8 Å². The van der Waals surface area contributed by atoms with Crippen LogP contribution in [-0.2, 0) is 40.5 Å². The van der Waals surface area contributed by atoms with Gasteiger partial charge in [0.15, 0.2) is 11.4 Å². The van der Waals surface area contributed by atoms with E-state index in [0.29, 0.717) is 22.4 Å². The molecule has 0 amide bonds. The first-order valence-corrected chi connectivity index (χ1v) is 21.7. The molecule has 11 N–H and O–H groups in total. The van der Waals surface area contributed by atoms with Crippen LogP contribution < -0.4 is 22.3 Å². The molecular weight excluding hydrogens is 861 g/mol. The number of Topliss-reactive ketones (excluding diaryl/α,β-unsaturated/α-hetero) is 2. The van der Waals surface area contributed by atoms with Gasteiger partial charge in [0.1, 0.15) is 15.6 Å². The first kappa shape index (κ1) is 40.5. The van der Waals surface area contributed by atoms with Gasteiger partial charge in [-0.25, -0.2) is 4.98 Å². The van der Waals surface area contributed by atoms with E-state index in [4.69, 9.17) is 11.5 Å². The highest BCUT2D eigenvalue weighted by Crippen LogP contribution is 2.34. The van der Waals surface area contributed by atoms with Gasteiger partial charge in [0.2, 0.25) is 11.6 Å². The first-order valence-electron chi connectivity index (χ1n) is 16.0. The van der Waals surface area contributed by atoms with Crippen molar-refractivity contribution in [2.24, 2.45) is 10.2 Å². The van der Waals surface area contributed by atoms with E-state index in [1.807, 2.05) is 0 Å². The molecule has 0 saturated carbocycles. The molecule has 1 aromatic heterocycles. The Labute approximate surface area is 332 Å². The maximum absolute atomic E-state index is 13.4. The molecule has 0 bridgehead atoms. The number of carbonyl (C=O) groups is 2. The van der Waals surface area contributed by atoms with Crippen molar-refractivity contribution < 1.29 is 61.5 Å². The minimum absolute atomic E-state index is 0.209. The Kier molecular flexibility index (Phi) is 9.64. The van der Waals surface area contributed by atoms with E-state index in [1.54, 1.807) is 18.2 Å². The van der Waals surface area contributed by atoms with Crippen molar-refractivity contribution in [2.75, 3.05) is 22.3 Å². The van der Waals surface area contributed by atoms with Gasteiger partial charge in [-0.05, 0) is 90.0 Å². The van der Waals surface area contributed by atoms with Gasteiger partial charge in [-0.2, -0.15) is 43.9 Å². The lowest BCUT2D eigenvalue weighted by atomic mass is 9.93. The first-order chi connectivity index (χ1) is 27.4. The zero-order valence-electron chi connectivity index (χ0n) is 29.0. The van der Waals surface area contributed by atoms with Crippen molar-refractivity contribution in [3.8, 4) is 11.4 Å². The molecule has 2 aliphatic rings. The molecule has 2 aliphatic carbocycles. The highest BCUT2D eigenvalue weighted by atomic mass is 32.2. The molecule has 1 heterocycles. The molecule has 0 fully saturated rings. The van der Waals surface area contributed by atoms with E-state index in [0.717, 1.165) is 36.4 Å². The summed E-state index contributed by atoms with van der Waals surface area (Å²) in [6.07, 6.45) is 1.56. The molecule has 59 heavy (non-hydrogen) atoms. The normalized spacial score (nSPS) is 16.1. The van der Waals surface area contributed by atoms with Gasteiger partial charge >= 0.3 is 0 Å². The van der Waals surface area contributed by atoms with Crippen molar-refractivity contribution >= 4 is 109 Å². The van der Waals surface area contributed by atoms with E-state index < -0.39 is 94.4 Å². The highest BCUT2D eigenvalue weighted by molar-refractivity contribution is 7.91. The van der Waals surface area contributed by atoms with Crippen molar-refractivity contribution in [1.82, 2.24) is 9.97 Å². The summed E-state index contributed by atoms with van der Waals surface area (Å²) in [5.41, 5.74) is 15.0. The van der Waals surface area contributed by atoms with Crippen LogP contribution in [0.15, 0.2) is 96.5 Å². The van der Waals surface area contributed by atoms with Gasteiger partial charge in [-0.3, -0.25) is 38.7 Å². The Morgan fingerprint density at radius 2 is 1.02 bits per heavy atom. The lowest BCUT2D eigenvalue weighted by Crippen LogP contribution is -2.28. The number of aromatic nitrogens is 2. The monoisotopic (exact) mass is 884 g/mol. The molecule has 0 saturated heterocycles. The number of aromatic amines is 1. The summed E-state index contributed by atoms with van der Waals surface area (Å²) in [4.78, 5) is 30.9. The van der Waals surface area contributed by atoms with Crippen molar-refractivity contribution in [2.45, 2.75) is 9.79 Å².